The molecule has 0 spiro atoms. The Bertz CT molecular complexity index is 267. The maximum atomic E-state index is 6.08. The topological polar surface area (TPSA) is 15.3 Å². The van der Waals surface area contributed by atoms with Crippen LogP contribution in [0.5, 0.6) is 0 Å². The van der Waals surface area contributed by atoms with E-state index in [1.54, 1.807) is 7.05 Å². The predicted molar refractivity (Wildman–Crippen MR) is 64.6 cm³/mol. The summed E-state index contributed by atoms with van der Waals surface area (Å²) in [5, 5.41) is 3.81. The Balaban J connectivity index is 4.78. The molecule has 0 saturated carbocycles. The molecule has 0 aromatic heterocycles. The van der Waals surface area contributed by atoms with Crippen molar-refractivity contribution in [1.29, 1.82) is 0 Å². The molecule has 0 aromatic carbocycles. The van der Waals surface area contributed by atoms with E-state index in [-0.39, 0.29) is 0 Å². The van der Waals surface area contributed by atoms with E-state index in [1.165, 1.54) is 0 Å². The van der Waals surface area contributed by atoms with Crippen molar-refractivity contribution >= 4 is 23.2 Å². The van der Waals surface area contributed by atoms with Crippen LogP contribution >= 0.6 is 23.2 Å². The van der Waals surface area contributed by atoms with Crippen molar-refractivity contribution < 1.29 is 0 Å². The largest absolute Gasteiger partial charge is 0.386 e. The maximum Gasteiger partial charge on any atom is 0.0713 e. The Hall–Kier alpha value is -0.440. The minimum Gasteiger partial charge on any atom is -0.386 e. The first-order chi connectivity index (χ1) is 6.40. The number of halogens is 2. The van der Waals surface area contributed by atoms with E-state index in [0.29, 0.717) is 22.3 Å². The molecule has 0 aromatic rings. The van der Waals surface area contributed by atoms with Crippen molar-refractivity contribution in [2.24, 2.45) is 0 Å². The van der Waals surface area contributed by atoms with E-state index in [0.717, 1.165) is 5.57 Å². The van der Waals surface area contributed by atoms with Crippen molar-refractivity contribution in [2.75, 3.05) is 27.7 Å². The van der Waals surface area contributed by atoms with Gasteiger partial charge in [-0.25, -0.2) is 0 Å². The highest BCUT2D eigenvalue weighted by molar-refractivity contribution is 6.36. The van der Waals surface area contributed by atoms with Crippen LogP contribution in [0.4, 0.5) is 0 Å². The molecule has 0 amide bonds. The van der Waals surface area contributed by atoms with E-state index in [9.17, 15) is 0 Å². The molecule has 0 aliphatic carbocycles. The summed E-state index contributed by atoms with van der Waals surface area (Å²) in [5.74, 6) is 0. The zero-order valence-electron chi connectivity index (χ0n) is 8.82. The quantitative estimate of drug-likeness (QED) is 0.736. The Kier molecular flexibility index (Phi) is 5.93. The highest BCUT2D eigenvalue weighted by Crippen LogP contribution is 2.22. The Morgan fingerprint density at radius 2 is 1.79 bits per heavy atom. The van der Waals surface area contributed by atoms with Gasteiger partial charge < -0.3 is 10.2 Å². The van der Waals surface area contributed by atoms with Crippen LogP contribution in [0.2, 0.25) is 0 Å². The fourth-order valence-corrected chi connectivity index (χ4v) is 1.50. The number of allylic oxidation sites excluding steroid dienone is 1. The van der Waals surface area contributed by atoms with Crippen molar-refractivity contribution in [1.82, 2.24) is 10.2 Å². The SMILES string of the molecule is C=C(CN(C)C)/C(Cl)=C(/NC)C(=C)Cl. The molecule has 1 N–H and O–H groups in total. The molecule has 4 heteroatoms. The van der Waals surface area contributed by atoms with Gasteiger partial charge in [0.15, 0.2) is 0 Å². The number of hydrogen-bond donors (Lipinski definition) is 1. The third-order valence-corrected chi connectivity index (χ3v) is 2.20. The van der Waals surface area contributed by atoms with Crippen LogP contribution in [0.25, 0.3) is 0 Å². The van der Waals surface area contributed by atoms with E-state index in [4.69, 9.17) is 23.2 Å². The third kappa shape index (κ3) is 4.18. The molecule has 0 heterocycles. The van der Waals surface area contributed by atoms with Crippen molar-refractivity contribution in [3.05, 3.63) is 34.5 Å². The minimum absolute atomic E-state index is 0.386. The summed E-state index contributed by atoms with van der Waals surface area (Å²) in [4.78, 5) is 1.98. The average Bonchev–Trinajstić information content (AvgIpc) is 2.03. The molecule has 2 nitrogen and oxygen atoms in total. The van der Waals surface area contributed by atoms with Gasteiger partial charge in [0.25, 0.3) is 0 Å². The van der Waals surface area contributed by atoms with Gasteiger partial charge in [-0.15, -0.1) is 0 Å². The lowest BCUT2D eigenvalue weighted by Gasteiger charge is -2.14. The summed E-state index contributed by atoms with van der Waals surface area (Å²) in [6.07, 6.45) is 0. The average molecular weight is 235 g/mol. The molecule has 80 valence electrons. The highest BCUT2D eigenvalue weighted by atomic mass is 35.5. The van der Waals surface area contributed by atoms with Gasteiger partial charge >= 0.3 is 0 Å². The van der Waals surface area contributed by atoms with Crippen LogP contribution in [-0.2, 0) is 0 Å². The molecular weight excluding hydrogens is 219 g/mol. The van der Waals surface area contributed by atoms with Crippen LogP contribution in [-0.4, -0.2) is 32.6 Å². The van der Waals surface area contributed by atoms with Gasteiger partial charge in [-0.05, 0) is 19.7 Å². The van der Waals surface area contributed by atoms with E-state index in [2.05, 4.69) is 18.5 Å². The zero-order valence-corrected chi connectivity index (χ0v) is 10.3. The maximum absolute atomic E-state index is 6.08. The molecule has 14 heavy (non-hydrogen) atoms. The summed E-state index contributed by atoms with van der Waals surface area (Å²) in [6.45, 7) is 8.18. The Labute approximate surface area is 95.9 Å². The first kappa shape index (κ1) is 13.6. The zero-order chi connectivity index (χ0) is 11.3. The summed E-state index contributed by atoms with van der Waals surface area (Å²) >= 11 is 11.8. The number of nitrogens with zero attached hydrogens (tertiary/aromatic N) is 1. The molecular formula is C10H16Cl2N2. The van der Waals surface area contributed by atoms with Gasteiger partial charge in [0, 0.05) is 13.6 Å². The molecule has 0 saturated heterocycles. The fourth-order valence-electron chi connectivity index (χ4n) is 0.992. The van der Waals surface area contributed by atoms with Gasteiger partial charge in [0.05, 0.1) is 15.8 Å². The lowest BCUT2D eigenvalue weighted by molar-refractivity contribution is 0.448. The monoisotopic (exact) mass is 234 g/mol. The molecule has 0 radical (unpaired) electrons. The van der Waals surface area contributed by atoms with Gasteiger partial charge in [0.1, 0.15) is 0 Å². The lowest BCUT2D eigenvalue weighted by atomic mass is 10.2. The van der Waals surface area contributed by atoms with Crippen molar-refractivity contribution in [3.63, 3.8) is 0 Å². The second-order valence-corrected chi connectivity index (χ2v) is 4.02. The summed E-state index contributed by atoms with van der Waals surface area (Å²) in [6, 6.07) is 0. The molecule has 0 unspecified atom stereocenters. The molecule has 0 rings (SSSR count). The predicted octanol–water partition coefficient (Wildman–Crippen LogP) is 2.53. The number of likely N-dealkylation sites (N-methyl/N-ethyl adjacent to an activating group) is 2. The first-order valence-electron chi connectivity index (χ1n) is 4.15. The van der Waals surface area contributed by atoms with Crippen LogP contribution < -0.4 is 5.32 Å². The second-order valence-electron chi connectivity index (χ2n) is 3.19. The standard InChI is InChI=1S/C10H16Cl2N2/c1-7(6-14(4)5)9(12)10(13-3)8(2)11/h13H,1-2,6H2,3-5H3/b10-9-. The summed E-state index contributed by atoms with van der Waals surface area (Å²) < 4.78 is 0. The number of hydrogen-bond acceptors (Lipinski definition) is 2. The third-order valence-electron chi connectivity index (χ3n) is 1.56. The normalized spacial score (nSPS) is 12.4. The first-order valence-corrected chi connectivity index (χ1v) is 4.91. The van der Waals surface area contributed by atoms with E-state index >= 15 is 0 Å². The molecule has 0 aliphatic rings. The smallest absolute Gasteiger partial charge is 0.0713 e. The Morgan fingerprint density at radius 1 is 1.29 bits per heavy atom. The van der Waals surface area contributed by atoms with Crippen molar-refractivity contribution in [2.45, 2.75) is 0 Å². The Morgan fingerprint density at radius 3 is 2.07 bits per heavy atom. The van der Waals surface area contributed by atoms with E-state index < -0.39 is 0 Å². The summed E-state index contributed by atoms with van der Waals surface area (Å²) in [5.41, 5.74) is 1.43. The fraction of sp³-hybridized carbons (Fsp3) is 0.400. The van der Waals surface area contributed by atoms with Gasteiger partial charge in [0.2, 0.25) is 0 Å². The van der Waals surface area contributed by atoms with Crippen molar-refractivity contribution in [3.8, 4) is 0 Å². The second kappa shape index (κ2) is 6.12. The summed E-state index contributed by atoms with van der Waals surface area (Å²) in [7, 11) is 5.64. The van der Waals surface area contributed by atoms with Gasteiger partial charge in [-0.1, -0.05) is 36.4 Å². The van der Waals surface area contributed by atoms with Crippen LogP contribution in [0.15, 0.2) is 34.5 Å². The van der Waals surface area contributed by atoms with Crippen LogP contribution in [0.3, 0.4) is 0 Å². The van der Waals surface area contributed by atoms with Gasteiger partial charge in [-0.2, -0.15) is 0 Å². The molecule has 0 atom stereocenters. The van der Waals surface area contributed by atoms with E-state index in [1.807, 2.05) is 19.0 Å². The molecule has 0 fully saturated rings. The van der Waals surface area contributed by atoms with Gasteiger partial charge in [-0.3, -0.25) is 0 Å². The number of nitrogens with one attached hydrogen (secondary N) is 1. The highest BCUT2D eigenvalue weighted by Gasteiger charge is 2.09. The van der Waals surface area contributed by atoms with Crippen LogP contribution in [0, 0.1) is 0 Å². The lowest BCUT2D eigenvalue weighted by Crippen LogP contribution is -2.17. The van der Waals surface area contributed by atoms with Crippen LogP contribution in [0.1, 0.15) is 0 Å². The minimum atomic E-state index is 0.386. The molecule has 0 aliphatic heterocycles. The molecule has 0 bridgehead atoms. The number of rotatable bonds is 5.